The predicted molar refractivity (Wildman–Crippen MR) is 78.6 cm³/mol. The van der Waals surface area contributed by atoms with E-state index in [2.05, 4.69) is 10.2 Å². The Hall–Kier alpha value is -2.57. The Labute approximate surface area is 127 Å². The van der Waals surface area contributed by atoms with Crippen LogP contribution in [0.1, 0.15) is 32.3 Å². The molecule has 0 radical (unpaired) electrons. The van der Waals surface area contributed by atoms with Gasteiger partial charge in [-0.1, -0.05) is 0 Å². The third-order valence-electron chi connectivity index (χ3n) is 3.93. The molecule has 1 fully saturated rings. The van der Waals surface area contributed by atoms with E-state index in [0.717, 1.165) is 5.69 Å². The molecule has 7 heteroatoms. The van der Waals surface area contributed by atoms with Crippen LogP contribution >= 0.6 is 0 Å². The molecule has 0 saturated carbocycles. The van der Waals surface area contributed by atoms with Crippen molar-refractivity contribution in [1.82, 2.24) is 20.0 Å². The van der Waals surface area contributed by atoms with Crippen LogP contribution < -0.4 is 0 Å². The topological polar surface area (TPSA) is 82.4 Å². The molecule has 0 bridgehead atoms. The number of nitrogens with one attached hydrogen (secondary N) is 1. The Morgan fingerprint density at radius 1 is 1.14 bits per heavy atom. The summed E-state index contributed by atoms with van der Waals surface area (Å²) in [4.78, 5) is 28.2. The van der Waals surface area contributed by atoms with Crippen LogP contribution in [0.15, 0.2) is 22.8 Å². The van der Waals surface area contributed by atoms with Gasteiger partial charge in [0.15, 0.2) is 5.76 Å². The molecule has 0 spiro atoms. The summed E-state index contributed by atoms with van der Waals surface area (Å²) in [6.07, 6.45) is 1.48. The number of piperazine rings is 1. The van der Waals surface area contributed by atoms with E-state index in [1.54, 1.807) is 21.9 Å². The first-order valence-electron chi connectivity index (χ1n) is 7.21. The van der Waals surface area contributed by atoms with Gasteiger partial charge >= 0.3 is 0 Å². The minimum Gasteiger partial charge on any atom is -0.459 e. The highest BCUT2D eigenvalue weighted by Crippen LogP contribution is 2.15. The molecule has 3 rings (SSSR count). The van der Waals surface area contributed by atoms with E-state index in [1.165, 1.54) is 6.26 Å². The largest absolute Gasteiger partial charge is 0.459 e. The number of furan rings is 1. The van der Waals surface area contributed by atoms with Crippen molar-refractivity contribution < 1.29 is 14.0 Å². The summed E-state index contributed by atoms with van der Waals surface area (Å²) in [5.74, 6) is 0.169. The maximum Gasteiger partial charge on any atom is 0.289 e. The van der Waals surface area contributed by atoms with Crippen molar-refractivity contribution in [2.24, 2.45) is 0 Å². The smallest absolute Gasteiger partial charge is 0.289 e. The van der Waals surface area contributed by atoms with Crippen molar-refractivity contribution >= 4 is 11.8 Å². The van der Waals surface area contributed by atoms with E-state index in [1.807, 2.05) is 13.8 Å². The van der Waals surface area contributed by atoms with E-state index in [-0.39, 0.29) is 11.8 Å². The van der Waals surface area contributed by atoms with Gasteiger partial charge in [-0.15, -0.1) is 0 Å². The van der Waals surface area contributed by atoms with Gasteiger partial charge in [0.25, 0.3) is 11.8 Å². The molecule has 1 N–H and O–H groups in total. The number of hydrogen-bond acceptors (Lipinski definition) is 4. The van der Waals surface area contributed by atoms with Gasteiger partial charge < -0.3 is 14.2 Å². The zero-order chi connectivity index (χ0) is 15.7. The van der Waals surface area contributed by atoms with Crippen molar-refractivity contribution in [2.45, 2.75) is 13.8 Å². The number of aromatic nitrogens is 2. The summed E-state index contributed by atoms with van der Waals surface area (Å²) < 4.78 is 5.13. The number of rotatable bonds is 2. The Balaban J connectivity index is 1.65. The lowest BCUT2D eigenvalue weighted by Gasteiger charge is -2.34. The first kappa shape index (κ1) is 14.4. The Morgan fingerprint density at radius 3 is 2.27 bits per heavy atom. The standard InChI is InChI=1S/C15H18N4O3/c1-10-13(11(2)17-16-10)15(21)19-7-5-18(6-8-19)14(20)12-4-3-9-22-12/h3-4,9H,5-8H2,1-2H3,(H,16,17). The van der Waals surface area contributed by atoms with Crippen LogP contribution in [0.2, 0.25) is 0 Å². The van der Waals surface area contributed by atoms with Gasteiger partial charge in [-0.3, -0.25) is 14.7 Å². The van der Waals surface area contributed by atoms with Gasteiger partial charge in [0.2, 0.25) is 0 Å². The molecule has 116 valence electrons. The predicted octanol–water partition coefficient (Wildman–Crippen LogP) is 1.22. The van der Waals surface area contributed by atoms with E-state index in [9.17, 15) is 9.59 Å². The summed E-state index contributed by atoms with van der Waals surface area (Å²) in [7, 11) is 0. The average Bonchev–Trinajstić information content (AvgIpc) is 3.17. The van der Waals surface area contributed by atoms with Crippen molar-refractivity contribution in [2.75, 3.05) is 26.2 Å². The fraction of sp³-hybridized carbons (Fsp3) is 0.400. The normalized spacial score (nSPS) is 15.2. The molecule has 1 aliphatic rings. The molecule has 3 heterocycles. The molecule has 0 aromatic carbocycles. The molecule has 0 unspecified atom stereocenters. The van der Waals surface area contributed by atoms with Crippen molar-refractivity contribution in [3.63, 3.8) is 0 Å². The van der Waals surface area contributed by atoms with Crippen LogP contribution in [0.5, 0.6) is 0 Å². The number of nitrogens with zero attached hydrogens (tertiary/aromatic N) is 3. The monoisotopic (exact) mass is 302 g/mol. The summed E-state index contributed by atoms with van der Waals surface area (Å²) in [5, 5.41) is 6.89. The lowest BCUT2D eigenvalue weighted by Crippen LogP contribution is -2.50. The van der Waals surface area contributed by atoms with Gasteiger partial charge in [-0.25, -0.2) is 0 Å². The lowest BCUT2D eigenvalue weighted by atomic mass is 10.1. The molecule has 0 aliphatic carbocycles. The van der Waals surface area contributed by atoms with Gasteiger partial charge in [0.1, 0.15) is 0 Å². The first-order chi connectivity index (χ1) is 10.6. The number of carbonyl (C=O) groups is 2. The van der Waals surface area contributed by atoms with Gasteiger partial charge in [-0.2, -0.15) is 5.10 Å². The second-order valence-electron chi connectivity index (χ2n) is 5.37. The quantitative estimate of drug-likeness (QED) is 0.904. The molecule has 1 saturated heterocycles. The second kappa shape index (κ2) is 5.67. The molecule has 2 aromatic rings. The van der Waals surface area contributed by atoms with Crippen molar-refractivity contribution in [3.05, 3.63) is 41.1 Å². The third-order valence-corrected chi connectivity index (χ3v) is 3.93. The molecule has 2 aromatic heterocycles. The SMILES string of the molecule is Cc1n[nH]c(C)c1C(=O)N1CCN(C(=O)c2ccco2)CC1. The number of H-pyrrole nitrogens is 1. The molecular formula is C15H18N4O3. The Kier molecular flexibility index (Phi) is 3.70. The second-order valence-corrected chi connectivity index (χ2v) is 5.37. The van der Waals surface area contributed by atoms with Crippen LogP contribution in [-0.4, -0.2) is 58.0 Å². The van der Waals surface area contributed by atoms with E-state index in [0.29, 0.717) is 43.2 Å². The van der Waals surface area contributed by atoms with Crippen LogP contribution in [0.25, 0.3) is 0 Å². The zero-order valence-electron chi connectivity index (χ0n) is 12.6. The molecule has 0 atom stereocenters. The fourth-order valence-electron chi connectivity index (χ4n) is 2.69. The van der Waals surface area contributed by atoms with Gasteiger partial charge in [0, 0.05) is 31.9 Å². The van der Waals surface area contributed by atoms with E-state index >= 15 is 0 Å². The van der Waals surface area contributed by atoms with E-state index < -0.39 is 0 Å². The summed E-state index contributed by atoms with van der Waals surface area (Å²) in [6, 6.07) is 3.34. The first-order valence-corrected chi connectivity index (χ1v) is 7.21. The molecule has 22 heavy (non-hydrogen) atoms. The van der Waals surface area contributed by atoms with E-state index in [4.69, 9.17) is 4.42 Å². The van der Waals surface area contributed by atoms with Crippen LogP contribution in [0, 0.1) is 13.8 Å². The number of amides is 2. The van der Waals surface area contributed by atoms with Crippen molar-refractivity contribution in [3.8, 4) is 0 Å². The number of aromatic amines is 1. The summed E-state index contributed by atoms with van der Waals surface area (Å²) in [6.45, 7) is 5.67. The number of hydrogen-bond donors (Lipinski definition) is 1. The third kappa shape index (κ3) is 2.49. The van der Waals surface area contributed by atoms with Gasteiger partial charge in [-0.05, 0) is 26.0 Å². The van der Waals surface area contributed by atoms with Gasteiger partial charge in [0.05, 0.1) is 17.5 Å². The lowest BCUT2D eigenvalue weighted by molar-refractivity contribution is 0.0517. The highest BCUT2D eigenvalue weighted by Gasteiger charge is 2.28. The summed E-state index contributed by atoms with van der Waals surface area (Å²) in [5.41, 5.74) is 2.11. The highest BCUT2D eigenvalue weighted by atomic mass is 16.3. The summed E-state index contributed by atoms with van der Waals surface area (Å²) >= 11 is 0. The molecule has 2 amide bonds. The molecular weight excluding hydrogens is 284 g/mol. The highest BCUT2D eigenvalue weighted by molar-refractivity contribution is 5.96. The zero-order valence-corrected chi connectivity index (χ0v) is 12.6. The van der Waals surface area contributed by atoms with Crippen LogP contribution in [0.4, 0.5) is 0 Å². The van der Waals surface area contributed by atoms with Crippen molar-refractivity contribution in [1.29, 1.82) is 0 Å². The van der Waals surface area contributed by atoms with Crippen LogP contribution in [0.3, 0.4) is 0 Å². The minimum atomic E-state index is -0.132. The Morgan fingerprint density at radius 2 is 1.77 bits per heavy atom. The maximum absolute atomic E-state index is 12.6. The minimum absolute atomic E-state index is 0.0335. The fourth-order valence-corrected chi connectivity index (χ4v) is 2.69. The maximum atomic E-state index is 12.6. The Bertz CT molecular complexity index is 662. The number of aryl methyl sites for hydroxylation is 2. The number of carbonyl (C=O) groups excluding carboxylic acids is 2. The van der Waals surface area contributed by atoms with Crippen LogP contribution in [-0.2, 0) is 0 Å². The molecule has 1 aliphatic heterocycles. The average molecular weight is 302 g/mol. The molecule has 7 nitrogen and oxygen atoms in total.